The molecule has 1 saturated heterocycles. The van der Waals surface area contributed by atoms with Crippen molar-refractivity contribution >= 4 is 23.1 Å². The highest BCUT2D eigenvalue weighted by Crippen LogP contribution is 2.47. The zero-order chi connectivity index (χ0) is 13.3. The third kappa shape index (κ3) is 2.26. The first kappa shape index (κ1) is 13.7. The van der Waals surface area contributed by atoms with E-state index in [2.05, 4.69) is 6.92 Å². The summed E-state index contributed by atoms with van der Waals surface area (Å²) in [5, 5.41) is 0. The van der Waals surface area contributed by atoms with E-state index in [0.29, 0.717) is 16.8 Å². The van der Waals surface area contributed by atoms with Crippen LogP contribution in [0.15, 0.2) is 0 Å². The number of rotatable bonds is 4. The summed E-state index contributed by atoms with van der Waals surface area (Å²) in [5.74, 6) is 1.15. The molecule has 18 heavy (non-hydrogen) atoms. The molecule has 0 bridgehead atoms. The molecular formula is C13H22N2O2S. The Morgan fingerprint density at radius 3 is 2.72 bits per heavy atom. The van der Waals surface area contributed by atoms with Crippen LogP contribution in [0.25, 0.3) is 0 Å². The van der Waals surface area contributed by atoms with E-state index in [0.717, 1.165) is 39.0 Å². The molecular weight excluding hydrogens is 248 g/mol. The lowest BCUT2D eigenvalue weighted by Crippen LogP contribution is -2.56. The number of nitrogens with two attached hydrogens (primary N) is 1. The van der Waals surface area contributed by atoms with Gasteiger partial charge >= 0.3 is 0 Å². The van der Waals surface area contributed by atoms with Crippen LogP contribution in [-0.2, 0) is 9.53 Å². The molecule has 1 saturated carbocycles. The molecule has 1 amide bonds. The Hall–Kier alpha value is -0.680. The monoisotopic (exact) mass is 270 g/mol. The molecule has 5 heteroatoms. The summed E-state index contributed by atoms with van der Waals surface area (Å²) >= 11 is 5.13. The Bertz CT molecular complexity index is 353. The lowest BCUT2D eigenvalue weighted by molar-refractivity contribution is -0.143. The maximum Gasteiger partial charge on any atom is 0.235 e. The molecule has 1 aliphatic carbocycles. The average molecular weight is 270 g/mol. The number of methoxy groups -OCH3 is 1. The lowest BCUT2D eigenvalue weighted by Gasteiger charge is -2.46. The zero-order valence-electron chi connectivity index (χ0n) is 11.1. The van der Waals surface area contributed by atoms with Crippen molar-refractivity contribution in [2.24, 2.45) is 23.0 Å². The summed E-state index contributed by atoms with van der Waals surface area (Å²) in [5.41, 5.74) is 5.27. The van der Waals surface area contributed by atoms with Gasteiger partial charge < -0.3 is 15.4 Å². The number of hydrogen-bond donors (Lipinski definition) is 1. The third-order valence-corrected chi connectivity index (χ3v) is 4.64. The van der Waals surface area contributed by atoms with Gasteiger partial charge in [-0.15, -0.1) is 0 Å². The second-order valence-electron chi connectivity index (χ2n) is 5.82. The first-order valence-electron chi connectivity index (χ1n) is 6.58. The number of amides is 1. The quantitative estimate of drug-likeness (QED) is 0.780. The molecule has 4 nitrogen and oxygen atoms in total. The second-order valence-corrected chi connectivity index (χ2v) is 6.26. The minimum absolute atomic E-state index is 0.145. The molecule has 1 atom stereocenters. The van der Waals surface area contributed by atoms with Gasteiger partial charge in [0, 0.05) is 26.1 Å². The Kier molecular flexibility index (Phi) is 3.92. The Morgan fingerprint density at radius 2 is 2.22 bits per heavy atom. The molecule has 2 rings (SSSR count). The number of ether oxygens (including phenoxy) is 1. The predicted octanol–water partition coefficient (Wildman–Crippen LogP) is 1.18. The van der Waals surface area contributed by atoms with Gasteiger partial charge in [0.05, 0.1) is 17.0 Å². The van der Waals surface area contributed by atoms with E-state index < -0.39 is 5.41 Å². The summed E-state index contributed by atoms with van der Waals surface area (Å²) in [6, 6.07) is 0. The maximum atomic E-state index is 12.6. The average Bonchev–Trinajstić information content (AvgIpc) is 2.72. The van der Waals surface area contributed by atoms with Gasteiger partial charge in [0.2, 0.25) is 5.91 Å². The van der Waals surface area contributed by atoms with Crippen LogP contribution in [0.2, 0.25) is 0 Å². The summed E-state index contributed by atoms with van der Waals surface area (Å²) < 4.78 is 5.16. The molecule has 1 unspecified atom stereocenters. The predicted molar refractivity (Wildman–Crippen MR) is 74.2 cm³/mol. The van der Waals surface area contributed by atoms with Crippen LogP contribution < -0.4 is 5.73 Å². The minimum atomic E-state index is -0.545. The number of carbonyl (C=O) groups is 1. The molecule has 0 aromatic carbocycles. The molecule has 102 valence electrons. The molecule has 0 aromatic heterocycles. The summed E-state index contributed by atoms with van der Waals surface area (Å²) in [7, 11) is 1.70. The smallest absolute Gasteiger partial charge is 0.235 e. The van der Waals surface area contributed by atoms with Gasteiger partial charge in [0.15, 0.2) is 0 Å². The van der Waals surface area contributed by atoms with Crippen molar-refractivity contribution in [3.05, 3.63) is 0 Å². The van der Waals surface area contributed by atoms with Crippen LogP contribution >= 0.6 is 12.2 Å². The van der Waals surface area contributed by atoms with Crippen LogP contribution in [0.4, 0.5) is 0 Å². The van der Waals surface area contributed by atoms with E-state index in [4.69, 9.17) is 22.7 Å². The van der Waals surface area contributed by atoms with Gasteiger partial charge in [-0.2, -0.15) is 0 Å². The molecule has 2 aliphatic rings. The second kappa shape index (κ2) is 5.13. The summed E-state index contributed by atoms with van der Waals surface area (Å²) in [6.45, 7) is 4.46. The molecule has 2 fully saturated rings. The highest BCUT2D eigenvalue weighted by Gasteiger charge is 2.53. The standard InChI is InChI=1S/C13H22N2O2S/c1-9-5-13(6-9,11(14)18)12(16)15-4-3-10(7-15)8-17-2/h9-10H,3-8H2,1-2H3,(H2,14,18). The van der Waals surface area contributed by atoms with Crippen LogP contribution in [-0.4, -0.2) is 42.6 Å². The number of nitrogens with zero attached hydrogens (tertiary/aromatic N) is 1. The maximum absolute atomic E-state index is 12.6. The van der Waals surface area contributed by atoms with Gasteiger partial charge in [0.1, 0.15) is 0 Å². The van der Waals surface area contributed by atoms with Crippen LogP contribution in [0.1, 0.15) is 26.2 Å². The van der Waals surface area contributed by atoms with E-state index in [1.165, 1.54) is 0 Å². The highest BCUT2D eigenvalue weighted by atomic mass is 32.1. The molecule has 0 radical (unpaired) electrons. The van der Waals surface area contributed by atoms with Gasteiger partial charge in [-0.3, -0.25) is 4.79 Å². The number of likely N-dealkylation sites (tertiary alicyclic amines) is 1. The topological polar surface area (TPSA) is 55.6 Å². The van der Waals surface area contributed by atoms with Crippen molar-refractivity contribution in [2.75, 3.05) is 26.8 Å². The van der Waals surface area contributed by atoms with Crippen molar-refractivity contribution < 1.29 is 9.53 Å². The summed E-state index contributed by atoms with van der Waals surface area (Å²) in [6.07, 6.45) is 2.64. The Morgan fingerprint density at radius 1 is 1.56 bits per heavy atom. The van der Waals surface area contributed by atoms with E-state index >= 15 is 0 Å². The van der Waals surface area contributed by atoms with Crippen molar-refractivity contribution in [3.8, 4) is 0 Å². The fourth-order valence-electron chi connectivity index (χ4n) is 3.30. The minimum Gasteiger partial charge on any atom is -0.392 e. The molecule has 1 aliphatic heterocycles. The Labute approximate surface area is 114 Å². The first-order valence-corrected chi connectivity index (χ1v) is 6.98. The lowest BCUT2D eigenvalue weighted by atomic mass is 9.61. The van der Waals surface area contributed by atoms with Crippen LogP contribution in [0.3, 0.4) is 0 Å². The van der Waals surface area contributed by atoms with E-state index in [1.54, 1.807) is 7.11 Å². The van der Waals surface area contributed by atoms with E-state index in [-0.39, 0.29) is 5.91 Å². The molecule has 2 N–H and O–H groups in total. The van der Waals surface area contributed by atoms with E-state index in [9.17, 15) is 4.79 Å². The largest absolute Gasteiger partial charge is 0.392 e. The molecule has 0 spiro atoms. The van der Waals surface area contributed by atoms with Crippen LogP contribution in [0, 0.1) is 17.3 Å². The van der Waals surface area contributed by atoms with E-state index in [1.807, 2.05) is 4.90 Å². The molecule has 0 aromatic rings. The van der Waals surface area contributed by atoms with Crippen molar-refractivity contribution in [1.82, 2.24) is 4.90 Å². The first-order chi connectivity index (χ1) is 8.49. The van der Waals surface area contributed by atoms with Crippen LogP contribution in [0.5, 0.6) is 0 Å². The molecule has 1 heterocycles. The van der Waals surface area contributed by atoms with Crippen molar-refractivity contribution in [2.45, 2.75) is 26.2 Å². The summed E-state index contributed by atoms with van der Waals surface area (Å²) in [4.78, 5) is 14.9. The SMILES string of the molecule is COCC1CCN(C(=O)C2(C(N)=S)CC(C)C2)C1. The third-order valence-electron chi connectivity index (χ3n) is 4.25. The fourth-order valence-corrected chi connectivity index (χ4v) is 3.56. The van der Waals surface area contributed by atoms with Gasteiger partial charge in [0.25, 0.3) is 0 Å². The fraction of sp³-hybridized carbons (Fsp3) is 0.846. The van der Waals surface area contributed by atoms with Crippen molar-refractivity contribution in [3.63, 3.8) is 0 Å². The van der Waals surface area contributed by atoms with Gasteiger partial charge in [-0.1, -0.05) is 19.1 Å². The number of hydrogen-bond acceptors (Lipinski definition) is 3. The Balaban J connectivity index is 2.01. The number of thiocarbonyl (C=S) groups is 1. The van der Waals surface area contributed by atoms with Gasteiger partial charge in [-0.05, 0) is 25.2 Å². The number of carbonyl (C=O) groups excluding carboxylic acids is 1. The zero-order valence-corrected chi connectivity index (χ0v) is 12.0. The van der Waals surface area contributed by atoms with Crippen molar-refractivity contribution in [1.29, 1.82) is 0 Å². The normalized spacial score (nSPS) is 35.3. The highest BCUT2D eigenvalue weighted by molar-refractivity contribution is 7.80. The van der Waals surface area contributed by atoms with Gasteiger partial charge in [-0.25, -0.2) is 0 Å².